The predicted octanol–water partition coefficient (Wildman–Crippen LogP) is 0.682. The molecule has 3 atom stereocenters. The van der Waals surface area contributed by atoms with Crippen molar-refractivity contribution in [3.63, 3.8) is 0 Å². The zero-order valence-corrected chi connectivity index (χ0v) is 8.57. The molecular weight excluding hydrogens is 186 g/mol. The van der Waals surface area contributed by atoms with Gasteiger partial charge >= 0.3 is 12.1 Å². The summed E-state index contributed by atoms with van der Waals surface area (Å²) in [6.45, 7) is 5.65. The lowest BCUT2D eigenvalue weighted by atomic mass is 10.0. The average molecular weight is 201 g/mol. The van der Waals surface area contributed by atoms with Crippen molar-refractivity contribution in [2.75, 3.05) is 6.61 Å². The Kier molecular flexibility index (Phi) is 3.33. The molecule has 0 aromatic carbocycles. The third-order valence-electron chi connectivity index (χ3n) is 2.37. The monoisotopic (exact) mass is 201 g/mol. The van der Waals surface area contributed by atoms with Crippen molar-refractivity contribution in [1.82, 2.24) is 5.32 Å². The summed E-state index contributed by atoms with van der Waals surface area (Å²) in [5.41, 5.74) is 0. The summed E-state index contributed by atoms with van der Waals surface area (Å²) in [6.07, 6.45) is -0.732. The zero-order valence-electron chi connectivity index (χ0n) is 8.57. The largest absolute Gasteiger partial charge is 0.461 e. The Balaban J connectivity index is 2.51. The fourth-order valence-corrected chi connectivity index (χ4v) is 1.34. The summed E-state index contributed by atoms with van der Waals surface area (Å²) in [6, 6.07) is -0.580. The molecule has 0 saturated carbocycles. The quantitative estimate of drug-likeness (QED) is 0.667. The molecule has 0 aromatic rings. The predicted molar refractivity (Wildman–Crippen MR) is 48.7 cm³/mol. The van der Waals surface area contributed by atoms with Crippen molar-refractivity contribution in [3.8, 4) is 0 Å². The smallest absolute Gasteiger partial charge is 0.407 e. The van der Waals surface area contributed by atoms with Crippen LogP contribution in [0.4, 0.5) is 4.79 Å². The molecule has 14 heavy (non-hydrogen) atoms. The number of hydrogen-bond donors (Lipinski definition) is 1. The van der Waals surface area contributed by atoms with Crippen molar-refractivity contribution >= 4 is 12.1 Å². The number of carbonyl (C=O) groups is 2. The minimum absolute atomic E-state index is 0.0214. The Hall–Kier alpha value is -1.26. The number of alkyl carbamates (subject to hydrolysis) is 1. The van der Waals surface area contributed by atoms with Crippen molar-refractivity contribution in [3.05, 3.63) is 0 Å². The second kappa shape index (κ2) is 4.30. The second-order valence-corrected chi connectivity index (χ2v) is 3.34. The normalized spacial score (nSPS) is 31.1. The minimum Gasteiger partial charge on any atom is -0.461 e. The SMILES string of the molecule is CCOC(=O)NC1C(=O)O[C@@H](C)[C@@H]1C. The van der Waals surface area contributed by atoms with E-state index in [-0.39, 0.29) is 18.6 Å². The van der Waals surface area contributed by atoms with Gasteiger partial charge in [0.25, 0.3) is 0 Å². The molecule has 0 spiro atoms. The van der Waals surface area contributed by atoms with Crippen molar-refractivity contribution in [2.45, 2.75) is 32.9 Å². The van der Waals surface area contributed by atoms with Crippen LogP contribution >= 0.6 is 0 Å². The molecule has 1 amide bonds. The van der Waals surface area contributed by atoms with E-state index in [4.69, 9.17) is 4.74 Å². The van der Waals surface area contributed by atoms with Gasteiger partial charge in [-0.15, -0.1) is 0 Å². The molecule has 1 N–H and O–H groups in total. The molecule has 1 fully saturated rings. The number of ether oxygens (including phenoxy) is 2. The molecule has 0 aliphatic carbocycles. The first-order valence-corrected chi connectivity index (χ1v) is 4.70. The highest BCUT2D eigenvalue weighted by Crippen LogP contribution is 2.21. The topological polar surface area (TPSA) is 64.6 Å². The molecule has 1 aliphatic heterocycles. The summed E-state index contributed by atoms with van der Waals surface area (Å²) < 4.78 is 9.63. The molecule has 5 heteroatoms. The number of cyclic esters (lactones) is 1. The summed E-state index contributed by atoms with van der Waals surface area (Å²) in [7, 11) is 0. The number of rotatable bonds is 2. The maximum atomic E-state index is 11.2. The van der Waals surface area contributed by atoms with Gasteiger partial charge in [-0.05, 0) is 13.8 Å². The van der Waals surface area contributed by atoms with Crippen LogP contribution in [-0.2, 0) is 14.3 Å². The zero-order chi connectivity index (χ0) is 10.7. The van der Waals surface area contributed by atoms with E-state index in [0.29, 0.717) is 0 Å². The molecule has 1 unspecified atom stereocenters. The molecule has 5 nitrogen and oxygen atoms in total. The van der Waals surface area contributed by atoms with Gasteiger partial charge in [0.2, 0.25) is 0 Å². The molecule has 1 heterocycles. The van der Waals surface area contributed by atoms with Crippen molar-refractivity contribution < 1.29 is 19.1 Å². The van der Waals surface area contributed by atoms with Crippen LogP contribution in [0.25, 0.3) is 0 Å². The van der Waals surface area contributed by atoms with Crippen molar-refractivity contribution in [2.24, 2.45) is 5.92 Å². The maximum Gasteiger partial charge on any atom is 0.407 e. The van der Waals surface area contributed by atoms with Gasteiger partial charge in [0.15, 0.2) is 0 Å². The minimum atomic E-state index is -0.580. The maximum absolute atomic E-state index is 11.2. The highest BCUT2D eigenvalue weighted by atomic mass is 16.6. The Labute approximate surface area is 82.8 Å². The van der Waals surface area contributed by atoms with Gasteiger partial charge in [-0.2, -0.15) is 0 Å². The first-order valence-electron chi connectivity index (χ1n) is 4.70. The van der Waals surface area contributed by atoms with Gasteiger partial charge in [-0.1, -0.05) is 6.92 Å². The van der Waals surface area contributed by atoms with Gasteiger partial charge in [-0.3, -0.25) is 0 Å². The number of hydrogen-bond acceptors (Lipinski definition) is 4. The molecule has 0 bridgehead atoms. The highest BCUT2D eigenvalue weighted by molar-refractivity contribution is 5.83. The van der Waals surface area contributed by atoms with Crippen LogP contribution in [0, 0.1) is 5.92 Å². The Morgan fingerprint density at radius 3 is 2.64 bits per heavy atom. The average Bonchev–Trinajstić information content (AvgIpc) is 2.33. The van der Waals surface area contributed by atoms with E-state index in [1.165, 1.54) is 0 Å². The fourth-order valence-electron chi connectivity index (χ4n) is 1.34. The molecular formula is C9H15NO4. The van der Waals surface area contributed by atoms with Crippen LogP contribution in [-0.4, -0.2) is 30.8 Å². The number of carbonyl (C=O) groups excluding carboxylic acids is 2. The first-order chi connectivity index (χ1) is 6.56. The first kappa shape index (κ1) is 10.8. The molecule has 1 rings (SSSR count). The summed E-state index contributed by atoms with van der Waals surface area (Å²) in [5.74, 6) is -0.412. The number of esters is 1. The summed E-state index contributed by atoms with van der Waals surface area (Å²) in [5, 5.41) is 2.47. The number of amides is 1. The van der Waals surface area contributed by atoms with Crippen LogP contribution in [0.3, 0.4) is 0 Å². The van der Waals surface area contributed by atoms with Crippen LogP contribution in [0.2, 0.25) is 0 Å². The Bertz CT molecular complexity index is 241. The van der Waals surface area contributed by atoms with Gasteiger partial charge in [0, 0.05) is 5.92 Å². The molecule has 0 radical (unpaired) electrons. The van der Waals surface area contributed by atoms with Gasteiger partial charge in [-0.25, -0.2) is 9.59 Å². The molecule has 80 valence electrons. The lowest BCUT2D eigenvalue weighted by Gasteiger charge is -2.13. The molecule has 1 aliphatic rings. The van der Waals surface area contributed by atoms with E-state index in [9.17, 15) is 9.59 Å². The summed E-state index contributed by atoms with van der Waals surface area (Å²) in [4.78, 5) is 22.3. The van der Waals surface area contributed by atoms with E-state index < -0.39 is 18.1 Å². The van der Waals surface area contributed by atoms with Crippen LogP contribution in [0.15, 0.2) is 0 Å². The summed E-state index contributed by atoms with van der Waals surface area (Å²) >= 11 is 0. The van der Waals surface area contributed by atoms with E-state index in [2.05, 4.69) is 10.1 Å². The third kappa shape index (κ3) is 2.16. The van der Waals surface area contributed by atoms with E-state index in [1.807, 2.05) is 6.92 Å². The Morgan fingerprint density at radius 2 is 2.21 bits per heavy atom. The standard InChI is InChI=1S/C9H15NO4/c1-4-13-9(12)10-7-5(2)6(3)14-8(7)11/h5-7H,4H2,1-3H3,(H,10,12)/t5-,6-,7?/m0/s1. The van der Waals surface area contributed by atoms with E-state index >= 15 is 0 Å². The van der Waals surface area contributed by atoms with Gasteiger partial charge in [0.05, 0.1) is 6.61 Å². The second-order valence-electron chi connectivity index (χ2n) is 3.34. The number of nitrogens with one attached hydrogen (secondary N) is 1. The van der Waals surface area contributed by atoms with E-state index in [0.717, 1.165) is 0 Å². The lowest BCUT2D eigenvalue weighted by Crippen LogP contribution is -2.42. The van der Waals surface area contributed by atoms with Crippen LogP contribution in [0.1, 0.15) is 20.8 Å². The fraction of sp³-hybridized carbons (Fsp3) is 0.778. The van der Waals surface area contributed by atoms with Crippen LogP contribution < -0.4 is 5.32 Å². The van der Waals surface area contributed by atoms with Crippen LogP contribution in [0.5, 0.6) is 0 Å². The van der Waals surface area contributed by atoms with E-state index in [1.54, 1.807) is 13.8 Å². The molecule has 1 saturated heterocycles. The Morgan fingerprint density at radius 1 is 1.57 bits per heavy atom. The lowest BCUT2D eigenvalue weighted by molar-refractivity contribution is -0.142. The third-order valence-corrected chi connectivity index (χ3v) is 2.37. The molecule has 0 aromatic heterocycles. The van der Waals surface area contributed by atoms with Gasteiger partial charge < -0.3 is 14.8 Å². The van der Waals surface area contributed by atoms with Gasteiger partial charge in [0.1, 0.15) is 12.1 Å². The van der Waals surface area contributed by atoms with Crippen molar-refractivity contribution in [1.29, 1.82) is 0 Å². The highest BCUT2D eigenvalue weighted by Gasteiger charge is 2.40.